The van der Waals surface area contributed by atoms with Crippen LogP contribution in [0.3, 0.4) is 0 Å². The van der Waals surface area contributed by atoms with Gasteiger partial charge in [0.15, 0.2) is 5.65 Å². The van der Waals surface area contributed by atoms with Gasteiger partial charge in [-0.05, 0) is 48.0 Å². The molecule has 0 spiro atoms. The van der Waals surface area contributed by atoms with Gasteiger partial charge in [0.2, 0.25) is 17.7 Å². The average Bonchev–Trinajstić information content (AvgIpc) is 3.05. The van der Waals surface area contributed by atoms with E-state index < -0.39 is 0 Å². The summed E-state index contributed by atoms with van der Waals surface area (Å²) in [5.41, 5.74) is 2.96. The molecule has 1 saturated heterocycles. The van der Waals surface area contributed by atoms with Gasteiger partial charge in [0.05, 0.1) is 26.0 Å². The van der Waals surface area contributed by atoms with Crippen LogP contribution >= 0.6 is 0 Å². The molecule has 11 heteroatoms. The fourth-order valence-electron chi connectivity index (χ4n) is 4.91. The van der Waals surface area contributed by atoms with Crippen molar-refractivity contribution in [3.8, 4) is 22.7 Å². The number of anilines is 4. The zero-order valence-electron chi connectivity index (χ0n) is 23.5. The van der Waals surface area contributed by atoms with Gasteiger partial charge in [0.1, 0.15) is 11.5 Å². The van der Waals surface area contributed by atoms with Crippen LogP contribution in [0.2, 0.25) is 0 Å². The van der Waals surface area contributed by atoms with Crippen LogP contribution in [0.4, 0.5) is 23.1 Å². The number of nitrogens with zero attached hydrogens (tertiary/aromatic N) is 5. The molecule has 0 bridgehead atoms. The molecule has 2 N–H and O–H groups in total. The number of fused-ring (bicyclic) bond motifs is 1. The highest BCUT2D eigenvalue weighted by Crippen LogP contribution is 2.29. The van der Waals surface area contributed by atoms with E-state index in [0.29, 0.717) is 52.8 Å². The number of ether oxygens (including phenoxy) is 2. The van der Waals surface area contributed by atoms with Crippen molar-refractivity contribution in [1.82, 2.24) is 19.5 Å². The molecule has 4 heterocycles. The number of morpholine rings is 1. The van der Waals surface area contributed by atoms with Crippen LogP contribution < -0.4 is 25.8 Å². The zero-order valence-corrected chi connectivity index (χ0v) is 23.5. The van der Waals surface area contributed by atoms with Gasteiger partial charge >= 0.3 is 0 Å². The second kappa shape index (κ2) is 12.1. The van der Waals surface area contributed by atoms with Crippen LogP contribution in [0.15, 0.2) is 96.4 Å². The van der Waals surface area contributed by atoms with Crippen LogP contribution in [-0.2, 0) is 9.53 Å². The van der Waals surface area contributed by atoms with Gasteiger partial charge in [0, 0.05) is 35.9 Å². The van der Waals surface area contributed by atoms with Crippen LogP contribution in [0, 0.1) is 0 Å². The van der Waals surface area contributed by atoms with Gasteiger partial charge in [-0.3, -0.25) is 14.2 Å². The van der Waals surface area contributed by atoms with E-state index in [9.17, 15) is 9.59 Å². The Balaban J connectivity index is 1.45. The van der Waals surface area contributed by atoms with Crippen LogP contribution in [0.5, 0.6) is 5.88 Å². The summed E-state index contributed by atoms with van der Waals surface area (Å²) in [5.74, 6) is 1.07. The Morgan fingerprint density at radius 1 is 1.02 bits per heavy atom. The Morgan fingerprint density at radius 3 is 2.60 bits per heavy atom. The number of aromatic nitrogens is 4. The molecule has 11 nitrogen and oxygen atoms in total. The van der Waals surface area contributed by atoms with E-state index in [1.165, 1.54) is 10.6 Å². The second-order valence-electron chi connectivity index (χ2n) is 9.73. The fourth-order valence-corrected chi connectivity index (χ4v) is 4.91. The molecule has 6 rings (SSSR count). The minimum absolute atomic E-state index is 0.253. The van der Waals surface area contributed by atoms with Gasteiger partial charge in [-0.25, -0.2) is 4.98 Å². The van der Waals surface area contributed by atoms with Gasteiger partial charge in [0.25, 0.3) is 5.56 Å². The molecule has 1 aliphatic heterocycles. The predicted molar refractivity (Wildman–Crippen MR) is 167 cm³/mol. The number of pyridine rings is 2. The Morgan fingerprint density at radius 2 is 1.84 bits per heavy atom. The SMILES string of the molecule is C=CC(=O)Nc1cccc(-n2c(=O)c(-c3ccccc3)cc3cnc(Nc4ccc(N5CCOCC5)nc4OC)nc32)c1. The number of hydrogen-bond acceptors (Lipinski definition) is 9. The Bertz CT molecular complexity index is 1870. The summed E-state index contributed by atoms with van der Waals surface area (Å²) in [6.07, 6.45) is 2.85. The maximum atomic E-state index is 14.1. The first-order chi connectivity index (χ1) is 21.0. The normalized spacial score (nSPS) is 13.0. The molecular formula is C32H29N7O4. The smallest absolute Gasteiger partial charge is 0.264 e. The quantitative estimate of drug-likeness (QED) is 0.256. The summed E-state index contributed by atoms with van der Waals surface area (Å²) in [4.78, 5) is 42.2. The van der Waals surface area contributed by atoms with E-state index in [2.05, 4.69) is 32.1 Å². The van der Waals surface area contributed by atoms with E-state index in [1.807, 2.05) is 42.5 Å². The maximum Gasteiger partial charge on any atom is 0.264 e. The number of nitrogens with one attached hydrogen (secondary N) is 2. The van der Waals surface area contributed by atoms with Gasteiger partial charge < -0.3 is 25.0 Å². The van der Waals surface area contributed by atoms with Crippen molar-refractivity contribution in [2.45, 2.75) is 0 Å². The van der Waals surface area contributed by atoms with Gasteiger partial charge in [-0.15, -0.1) is 0 Å². The summed E-state index contributed by atoms with van der Waals surface area (Å²) in [7, 11) is 1.55. The van der Waals surface area contributed by atoms with E-state index in [0.717, 1.165) is 24.5 Å². The highest BCUT2D eigenvalue weighted by Gasteiger charge is 2.18. The van der Waals surface area contributed by atoms with Crippen LogP contribution in [0.1, 0.15) is 0 Å². The molecule has 1 fully saturated rings. The molecule has 0 unspecified atom stereocenters. The monoisotopic (exact) mass is 575 g/mol. The third kappa shape index (κ3) is 5.79. The van der Waals surface area contributed by atoms with Crippen LogP contribution in [0.25, 0.3) is 27.8 Å². The van der Waals surface area contributed by atoms with E-state index in [1.54, 1.807) is 43.6 Å². The minimum atomic E-state index is -0.358. The maximum absolute atomic E-state index is 14.1. The Kier molecular flexibility index (Phi) is 7.79. The van der Waals surface area contributed by atoms with Crippen molar-refractivity contribution in [3.05, 3.63) is 102 Å². The molecular weight excluding hydrogens is 546 g/mol. The number of carbonyl (C=O) groups is 1. The standard InChI is InChI=1S/C32H29N7O4/c1-3-28(40)34-23-10-7-11-24(19-23)39-29-22(18-25(31(39)41)21-8-5-4-6-9-21)20-33-32(37-29)35-26-12-13-27(36-30(26)42-2)38-14-16-43-17-15-38/h3-13,18-20H,1,14-17H2,2H3,(H,34,40)(H,33,35,37). The number of benzene rings is 2. The summed E-state index contributed by atoms with van der Waals surface area (Å²) in [6.45, 7) is 6.30. The van der Waals surface area contributed by atoms with Crippen molar-refractivity contribution in [1.29, 1.82) is 0 Å². The molecule has 1 amide bonds. The molecule has 216 valence electrons. The zero-order chi connectivity index (χ0) is 29.8. The highest BCUT2D eigenvalue weighted by molar-refractivity contribution is 5.99. The molecule has 0 atom stereocenters. The predicted octanol–water partition coefficient (Wildman–Crippen LogP) is 4.56. The number of methoxy groups -OCH3 is 1. The average molecular weight is 576 g/mol. The molecule has 2 aromatic carbocycles. The minimum Gasteiger partial charge on any atom is -0.479 e. The van der Waals surface area contributed by atoms with Crippen molar-refractivity contribution in [2.24, 2.45) is 0 Å². The number of hydrogen-bond donors (Lipinski definition) is 2. The van der Waals surface area contributed by atoms with E-state index in [4.69, 9.17) is 14.5 Å². The van der Waals surface area contributed by atoms with Crippen molar-refractivity contribution >= 4 is 40.1 Å². The summed E-state index contributed by atoms with van der Waals surface area (Å²) in [5, 5.41) is 6.60. The molecule has 0 saturated carbocycles. The molecule has 1 aliphatic rings. The molecule has 43 heavy (non-hydrogen) atoms. The van der Waals surface area contributed by atoms with Crippen LogP contribution in [-0.4, -0.2) is 58.8 Å². The summed E-state index contributed by atoms with van der Waals surface area (Å²) < 4.78 is 12.6. The Labute approximate surface area is 247 Å². The third-order valence-electron chi connectivity index (χ3n) is 7.00. The van der Waals surface area contributed by atoms with Crippen molar-refractivity contribution < 1.29 is 14.3 Å². The fraction of sp³-hybridized carbons (Fsp3) is 0.156. The summed E-state index contributed by atoms with van der Waals surface area (Å²) >= 11 is 0. The first-order valence-corrected chi connectivity index (χ1v) is 13.7. The molecule has 0 radical (unpaired) electrons. The lowest BCUT2D eigenvalue weighted by molar-refractivity contribution is -0.111. The first-order valence-electron chi connectivity index (χ1n) is 13.7. The second-order valence-corrected chi connectivity index (χ2v) is 9.73. The lowest BCUT2D eigenvalue weighted by atomic mass is 10.1. The number of amides is 1. The van der Waals surface area contributed by atoms with E-state index >= 15 is 0 Å². The summed E-state index contributed by atoms with van der Waals surface area (Å²) in [6, 6.07) is 22.0. The van der Waals surface area contributed by atoms with Crippen molar-refractivity contribution in [2.75, 3.05) is 48.9 Å². The number of carbonyl (C=O) groups excluding carboxylic acids is 1. The lowest BCUT2D eigenvalue weighted by Gasteiger charge is -2.28. The van der Waals surface area contributed by atoms with Gasteiger partial charge in [-0.1, -0.05) is 43.0 Å². The topological polar surface area (TPSA) is 124 Å². The number of rotatable bonds is 8. The molecule has 0 aliphatic carbocycles. The highest BCUT2D eigenvalue weighted by atomic mass is 16.5. The largest absolute Gasteiger partial charge is 0.479 e. The first kappa shape index (κ1) is 27.6. The molecule has 3 aromatic heterocycles. The lowest BCUT2D eigenvalue weighted by Crippen LogP contribution is -2.36. The van der Waals surface area contributed by atoms with Crippen molar-refractivity contribution in [3.63, 3.8) is 0 Å². The van der Waals surface area contributed by atoms with Gasteiger partial charge in [-0.2, -0.15) is 9.97 Å². The Hall–Kier alpha value is -5.55. The third-order valence-corrected chi connectivity index (χ3v) is 7.00. The van der Waals surface area contributed by atoms with E-state index in [-0.39, 0.29) is 17.4 Å². The molecule has 5 aromatic rings.